The summed E-state index contributed by atoms with van der Waals surface area (Å²) in [5.41, 5.74) is 1.99. The minimum Gasteiger partial charge on any atom is -0.400 e. The quantitative estimate of drug-likeness (QED) is 0.750. The molecule has 14 heavy (non-hydrogen) atoms. The van der Waals surface area contributed by atoms with Gasteiger partial charge in [0.1, 0.15) is 5.82 Å². The molecule has 0 bridgehead atoms. The molecule has 0 atom stereocenters. The van der Waals surface area contributed by atoms with Crippen molar-refractivity contribution in [1.29, 1.82) is 0 Å². The van der Waals surface area contributed by atoms with Gasteiger partial charge in [0.2, 0.25) is 0 Å². The number of aryl methyl sites for hydroxylation is 2. The number of aliphatic hydroxyl groups excluding tert-OH is 1. The fourth-order valence-corrected chi connectivity index (χ4v) is 0.754. The number of nitrogens with zero attached hydrogens (tertiary/aromatic N) is 2. The summed E-state index contributed by atoms with van der Waals surface area (Å²) in [4.78, 5) is 8.19. The summed E-state index contributed by atoms with van der Waals surface area (Å²) in [5, 5.41) is 7.00. The van der Waals surface area contributed by atoms with Crippen molar-refractivity contribution < 1.29 is 5.11 Å². The molecule has 0 aliphatic carbocycles. The van der Waals surface area contributed by atoms with E-state index >= 15 is 0 Å². The van der Waals surface area contributed by atoms with Gasteiger partial charge < -0.3 is 5.11 Å². The number of hydrogen-bond acceptors (Lipinski definition) is 3. The third-order valence-electron chi connectivity index (χ3n) is 1.32. The Kier molecular flexibility index (Phi) is 10.8. The third-order valence-corrected chi connectivity index (χ3v) is 1.32. The zero-order chi connectivity index (χ0) is 11.6. The second kappa shape index (κ2) is 9.86. The number of rotatable bonds is 1. The van der Waals surface area contributed by atoms with Crippen molar-refractivity contribution in [3.8, 4) is 0 Å². The molecule has 0 spiro atoms. The highest BCUT2D eigenvalue weighted by Gasteiger charge is 1.94. The monoisotopic (exact) mass is 196 g/mol. The molecular weight excluding hydrogens is 176 g/mol. The van der Waals surface area contributed by atoms with E-state index in [4.69, 9.17) is 5.11 Å². The molecule has 1 heterocycles. The van der Waals surface area contributed by atoms with Gasteiger partial charge in [-0.3, -0.25) is 0 Å². The van der Waals surface area contributed by atoms with E-state index in [1.165, 1.54) is 0 Å². The first-order valence-corrected chi connectivity index (χ1v) is 4.61. The zero-order valence-corrected chi connectivity index (χ0v) is 9.70. The minimum atomic E-state index is 0.792. The van der Waals surface area contributed by atoms with Crippen molar-refractivity contribution in [2.45, 2.75) is 27.7 Å². The predicted molar refractivity (Wildman–Crippen MR) is 61.1 cm³/mol. The summed E-state index contributed by atoms with van der Waals surface area (Å²) < 4.78 is 0. The van der Waals surface area contributed by atoms with Crippen LogP contribution < -0.4 is 0 Å². The molecule has 80 valence electrons. The normalized spacial score (nSPS) is 7.57. The number of aromatic nitrogens is 2. The molecule has 0 amide bonds. The van der Waals surface area contributed by atoms with Crippen LogP contribution in [0.4, 0.5) is 0 Å². The lowest BCUT2D eigenvalue weighted by Crippen LogP contribution is -1.92. The molecule has 0 saturated heterocycles. The Morgan fingerprint density at radius 1 is 1.29 bits per heavy atom. The van der Waals surface area contributed by atoms with Crippen molar-refractivity contribution in [2.75, 3.05) is 7.11 Å². The Labute approximate surface area is 86.5 Å². The predicted octanol–water partition coefficient (Wildman–Crippen LogP) is 2.37. The molecule has 0 radical (unpaired) electrons. The minimum absolute atomic E-state index is 0.792. The zero-order valence-electron chi connectivity index (χ0n) is 9.70. The standard InChI is InChI=1S/C8H10N2.C2H6.CH4O/c1-4-8-6(2)5-9-7(3)10-8;2*1-2/h4-5H,1H2,2-3H3;1-2H3;2H,1H3. The second-order valence-corrected chi connectivity index (χ2v) is 2.19. The maximum Gasteiger partial charge on any atom is 0.125 e. The van der Waals surface area contributed by atoms with Gasteiger partial charge in [0.25, 0.3) is 0 Å². The highest BCUT2D eigenvalue weighted by Crippen LogP contribution is 2.03. The average molecular weight is 196 g/mol. The Morgan fingerprint density at radius 3 is 2.14 bits per heavy atom. The van der Waals surface area contributed by atoms with Crippen LogP contribution in [-0.2, 0) is 0 Å². The van der Waals surface area contributed by atoms with Gasteiger partial charge in [0.05, 0.1) is 5.69 Å². The molecule has 0 fully saturated rings. The van der Waals surface area contributed by atoms with Crippen molar-refractivity contribution in [3.05, 3.63) is 29.9 Å². The third kappa shape index (κ3) is 5.43. The second-order valence-electron chi connectivity index (χ2n) is 2.19. The van der Waals surface area contributed by atoms with E-state index in [0.717, 1.165) is 24.2 Å². The molecule has 0 aliphatic heterocycles. The maximum atomic E-state index is 7.00. The average Bonchev–Trinajstić information content (AvgIpc) is 2.27. The smallest absolute Gasteiger partial charge is 0.125 e. The van der Waals surface area contributed by atoms with Crippen LogP contribution in [0, 0.1) is 13.8 Å². The highest BCUT2D eigenvalue weighted by atomic mass is 16.2. The Bertz CT molecular complexity index is 259. The van der Waals surface area contributed by atoms with Crippen LogP contribution in [0.25, 0.3) is 6.08 Å². The topological polar surface area (TPSA) is 46.0 Å². The first-order valence-electron chi connectivity index (χ1n) is 4.61. The molecule has 1 rings (SSSR count). The Hall–Kier alpha value is -1.22. The van der Waals surface area contributed by atoms with Crippen molar-refractivity contribution in [3.63, 3.8) is 0 Å². The van der Waals surface area contributed by atoms with E-state index < -0.39 is 0 Å². The van der Waals surface area contributed by atoms with Gasteiger partial charge in [-0.05, 0) is 25.5 Å². The molecule has 3 heteroatoms. The fraction of sp³-hybridized carbons (Fsp3) is 0.455. The number of hydrogen-bond donors (Lipinski definition) is 1. The van der Waals surface area contributed by atoms with Gasteiger partial charge in [-0.2, -0.15) is 0 Å². The van der Waals surface area contributed by atoms with Crippen molar-refractivity contribution in [1.82, 2.24) is 9.97 Å². The summed E-state index contributed by atoms with van der Waals surface area (Å²) in [6, 6.07) is 0. The molecule has 0 saturated carbocycles. The van der Waals surface area contributed by atoms with E-state index in [9.17, 15) is 0 Å². The van der Waals surface area contributed by atoms with Crippen molar-refractivity contribution >= 4 is 6.08 Å². The lowest BCUT2D eigenvalue weighted by atomic mass is 10.2. The van der Waals surface area contributed by atoms with Gasteiger partial charge in [0, 0.05) is 13.3 Å². The van der Waals surface area contributed by atoms with E-state index in [0.29, 0.717) is 0 Å². The first kappa shape index (κ1) is 15.3. The van der Waals surface area contributed by atoms with E-state index in [1.807, 2.05) is 27.7 Å². The number of aliphatic hydroxyl groups is 1. The molecule has 1 aromatic heterocycles. The van der Waals surface area contributed by atoms with Crippen LogP contribution in [0.2, 0.25) is 0 Å². The summed E-state index contributed by atoms with van der Waals surface area (Å²) in [6.45, 7) is 11.5. The summed E-state index contributed by atoms with van der Waals surface area (Å²) >= 11 is 0. The van der Waals surface area contributed by atoms with Gasteiger partial charge >= 0.3 is 0 Å². The van der Waals surface area contributed by atoms with E-state index in [1.54, 1.807) is 12.3 Å². The van der Waals surface area contributed by atoms with E-state index in [-0.39, 0.29) is 0 Å². The van der Waals surface area contributed by atoms with Crippen molar-refractivity contribution in [2.24, 2.45) is 0 Å². The summed E-state index contributed by atoms with van der Waals surface area (Å²) in [5.74, 6) is 0.792. The first-order chi connectivity index (χ1) is 6.74. The SMILES string of the molecule is C=Cc1nc(C)ncc1C.CC.CO. The van der Waals surface area contributed by atoms with Gasteiger partial charge in [0.15, 0.2) is 0 Å². The molecule has 1 N–H and O–H groups in total. The highest BCUT2D eigenvalue weighted by molar-refractivity contribution is 5.45. The van der Waals surface area contributed by atoms with Gasteiger partial charge in [-0.15, -0.1) is 0 Å². The molecule has 1 aromatic rings. The van der Waals surface area contributed by atoms with Crippen LogP contribution in [0.5, 0.6) is 0 Å². The van der Waals surface area contributed by atoms with Crippen LogP contribution in [0.3, 0.4) is 0 Å². The Balaban J connectivity index is 0. The summed E-state index contributed by atoms with van der Waals surface area (Å²) in [7, 11) is 1.00. The van der Waals surface area contributed by atoms with E-state index in [2.05, 4.69) is 16.5 Å². The van der Waals surface area contributed by atoms with Crippen LogP contribution in [0.1, 0.15) is 30.9 Å². The lowest BCUT2D eigenvalue weighted by Gasteiger charge is -1.97. The molecule has 3 nitrogen and oxygen atoms in total. The van der Waals surface area contributed by atoms with Crippen LogP contribution in [-0.4, -0.2) is 22.2 Å². The van der Waals surface area contributed by atoms with Crippen LogP contribution in [0.15, 0.2) is 12.8 Å². The maximum absolute atomic E-state index is 7.00. The molecule has 0 unspecified atom stereocenters. The summed E-state index contributed by atoms with van der Waals surface area (Å²) in [6.07, 6.45) is 3.54. The Morgan fingerprint density at radius 2 is 1.79 bits per heavy atom. The van der Waals surface area contributed by atoms with Gasteiger partial charge in [-0.25, -0.2) is 9.97 Å². The molecule has 0 aliphatic rings. The molecule has 0 aromatic carbocycles. The molecular formula is C11H20N2O. The van der Waals surface area contributed by atoms with Crippen LogP contribution >= 0.6 is 0 Å². The lowest BCUT2D eigenvalue weighted by molar-refractivity contribution is 0.399. The van der Waals surface area contributed by atoms with Gasteiger partial charge in [-0.1, -0.05) is 20.4 Å². The fourth-order valence-electron chi connectivity index (χ4n) is 0.754. The largest absolute Gasteiger partial charge is 0.400 e.